The number of hydrogen-bond donors (Lipinski definition) is 0. The Hall–Kier alpha value is -3.75. The second-order valence-corrected chi connectivity index (χ2v) is 12.4. The summed E-state index contributed by atoms with van der Waals surface area (Å²) in [6.07, 6.45) is 0. The van der Waals surface area contributed by atoms with Crippen molar-refractivity contribution < 1.29 is 9.21 Å². The van der Waals surface area contributed by atoms with Gasteiger partial charge in [0.15, 0.2) is 9.77 Å². The highest BCUT2D eigenvalue weighted by molar-refractivity contribution is 8.00. The van der Waals surface area contributed by atoms with Gasteiger partial charge in [-0.2, -0.15) is 0 Å². The number of carbonyl (C=O) groups is 1. The highest BCUT2D eigenvalue weighted by Crippen LogP contribution is 2.43. The van der Waals surface area contributed by atoms with Gasteiger partial charge >= 0.3 is 0 Å². The number of rotatable bonds is 5. The molecule has 2 aromatic heterocycles. The van der Waals surface area contributed by atoms with Crippen molar-refractivity contribution in [1.29, 1.82) is 0 Å². The van der Waals surface area contributed by atoms with Gasteiger partial charge in [-0.1, -0.05) is 111 Å². The third-order valence-electron chi connectivity index (χ3n) is 6.68. The van der Waals surface area contributed by atoms with Gasteiger partial charge in [-0.15, -0.1) is 10.2 Å². The molecule has 0 fully saturated rings. The van der Waals surface area contributed by atoms with Gasteiger partial charge in [0.05, 0.1) is 17.0 Å². The summed E-state index contributed by atoms with van der Waals surface area (Å²) in [6, 6.07) is 24.6. The highest BCUT2D eigenvalue weighted by atomic mass is 32.2. The van der Waals surface area contributed by atoms with E-state index in [0.717, 1.165) is 15.7 Å². The molecule has 1 aliphatic heterocycles. The van der Waals surface area contributed by atoms with E-state index in [0.29, 0.717) is 21.7 Å². The van der Waals surface area contributed by atoms with Crippen LogP contribution in [0.2, 0.25) is 0 Å². The average molecular weight is 540 g/mol. The first kappa shape index (κ1) is 24.6. The van der Waals surface area contributed by atoms with Crippen molar-refractivity contribution in [2.45, 2.75) is 42.3 Å². The first-order valence-electron chi connectivity index (χ1n) is 12.3. The van der Waals surface area contributed by atoms with Gasteiger partial charge in [-0.05, 0) is 34.2 Å². The van der Waals surface area contributed by atoms with Crippen molar-refractivity contribution in [3.8, 4) is 0 Å². The fourth-order valence-corrected chi connectivity index (χ4v) is 6.50. The number of aromatic nitrogens is 2. The lowest BCUT2D eigenvalue weighted by atomic mass is 9.86. The minimum atomic E-state index is -0.660. The van der Waals surface area contributed by atoms with Crippen LogP contribution in [0.3, 0.4) is 0 Å². The van der Waals surface area contributed by atoms with Crippen LogP contribution in [0.25, 0.3) is 11.0 Å². The van der Waals surface area contributed by atoms with Gasteiger partial charge in [0.25, 0.3) is 5.91 Å². The number of fused-ring (bicyclic) bond motifs is 2. The number of anilines is 1. The molecular weight excluding hydrogens is 514 g/mol. The Balaban J connectivity index is 1.44. The molecule has 8 heteroatoms. The molecule has 1 amide bonds. The smallest absolute Gasteiger partial charge is 0.297 e. The quantitative estimate of drug-likeness (QED) is 0.177. The van der Waals surface area contributed by atoms with Crippen LogP contribution in [0.4, 0.5) is 5.13 Å². The summed E-state index contributed by atoms with van der Waals surface area (Å²) < 4.78 is 6.80. The molecule has 1 unspecified atom stereocenters. The summed E-state index contributed by atoms with van der Waals surface area (Å²) in [4.78, 5) is 29.1. The third kappa shape index (κ3) is 4.33. The van der Waals surface area contributed by atoms with Gasteiger partial charge in [0.2, 0.25) is 10.9 Å². The number of para-hydroxylation sites is 1. The van der Waals surface area contributed by atoms with Crippen LogP contribution in [0.15, 0.2) is 92.4 Å². The summed E-state index contributed by atoms with van der Waals surface area (Å²) in [5, 5.41) is 9.63. The van der Waals surface area contributed by atoms with Crippen LogP contribution in [0.1, 0.15) is 59.6 Å². The predicted octanol–water partition coefficient (Wildman–Crippen LogP) is 6.98. The average Bonchev–Trinajstić information content (AvgIpc) is 3.50. The fraction of sp³-hybridized carbons (Fsp3) is 0.200. The molecule has 5 aromatic rings. The Morgan fingerprint density at radius 1 is 0.921 bits per heavy atom. The first-order valence-corrected chi connectivity index (χ1v) is 14.1. The predicted molar refractivity (Wildman–Crippen MR) is 152 cm³/mol. The Labute approximate surface area is 228 Å². The zero-order valence-corrected chi connectivity index (χ0v) is 22.8. The van der Waals surface area contributed by atoms with Crippen molar-refractivity contribution in [3.05, 3.63) is 117 Å². The topological polar surface area (TPSA) is 76.3 Å². The van der Waals surface area contributed by atoms with Crippen molar-refractivity contribution in [2.24, 2.45) is 0 Å². The first-order chi connectivity index (χ1) is 18.3. The molecule has 0 aliphatic carbocycles. The third-order valence-corrected chi connectivity index (χ3v) is 8.80. The van der Waals surface area contributed by atoms with E-state index in [-0.39, 0.29) is 22.5 Å². The van der Waals surface area contributed by atoms with Gasteiger partial charge in [-0.3, -0.25) is 14.5 Å². The SMILES string of the molecule is CC(C)(C)c1ccc(C2c3c(oc4ccccc4c3=O)C(=O)N2c2nnc(SCc3ccccc3)s2)cc1. The van der Waals surface area contributed by atoms with Crippen LogP contribution in [0.5, 0.6) is 0 Å². The van der Waals surface area contributed by atoms with Gasteiger partial charge in [-0.25, -0.2) is 0 Å². The molecule has 6 rings (SSSR count). The Bertz CT molecular complexity index is 1700. The van der Waals surface area contributed by atoms with E-state index >= 15 is 0 Å². The van der Waals surface area contributed by atoms with Crippen molar-refractivity contribution in [1.82, 2.24) is 10.2 Å². The zero-order valence-electron chi connectivity index (χ0n) is 21.2. The van der Waals surface area contributed by atoms with Crippen molar-refractivity contribution in [2.75, 3.05) is 4.90 Å². The number of thioether (sulfide) groups is 1. The Morgan fingerprint density at radius 3 is 2.37 bits per heavy atom. The molecule has 1 atom stereocenters. The monoisotopic (exact) mass is 539 g/mol. The summed E-state index contributed by atoms with van der Waals surface area (Å²) in [7, 11) is 0. The molecule has 0 bridgehead atoms. The van der Waals surface area contributed by atoms with Crippen LogP contribution in [-0.2, 0) is 11.2 Å². The molecular formula is C30H25N3O3S2. The number of nitrogens with zero attached hydrogens (tertiary/aromatic N) is 3. The largest absolute Gasteiger partial charge is 0.450 e. The van der Waals surface area contributed by atoms with E-state index in [2.05, 4.69) is 55.2 Å². The Morgan fingerprint density at radius 2 is 1.63 bits per heavy atom. The normalized spacial score (nSPS) is 15.3. The van der Waals surface area contributed by atoms with E-state index in [1.807, 2.05) is 30.3 Å². The minimum absolute atomic E-state index is 0.0268. The lowest BCUT2D eigenvalue weighted by Crippen LogP contribution is -2.29. The second kappa shape index (κ2) is 9.53. The molecule has 3 heterocycles. The van der Waals surface area contributed by atoms with Crippen molar-refractivity contribution in [3.63, 3.8) is 0 Å². The lowest BCUT2D eigenvalue weighted by molar-refractivity contribution is 0.0970. The van der Waals surface area contributed by atoms with E-state index in [4.69, 9.17) is 4.42 Å². The molecule has 6 nitrogen and oxygen atoms in total. The summed E-state index contributed by atoms with van der Waals surface area (Å²) in [6.45, 7) is 6.46. The molecule has 0 N–H and O–H groups in total. The number of amides is 1. The number of benzene rings is 3. The Kier molecular flexibility index (Phi) is 6.16. The lowest BCUT2D eigenvalue weighted by Gasteiger charge is -2.24. The van der Waals surface area contributed by atoms with Crippen LogP contribution in [-0.4, -0.2) is 16.1 Å². The van der Waals surface area contributed by atoms with Crippen LogP contribution >= 0.6 is 23.1 Å². The maximum absolute atomic E-state index is 13.8. The maximum atomic E-state index is 13.8. The van der Waals surface area contributed by atoms with E-state index in [1.54, 1.807) is 40.9 Å². The van der Waals surface area contributed by atoms with Crippen molar-refractivity contribution >= 4 is 45.1 Å². The summed E-state index contributed by atoms with van der Waals surface area (Å²) in [5.74, 6) is 0.419. The van der Waals surface area contributed by atoms with E-state index < -0.39 is 6.04 Å². The molecule has 38 heavy (non-hydrogen) atoms. The zero-order chi connectivity index (χ0) is 26.4. The molecule has 1 aliphatic rings. The molecule has 0 spiro atoms. The molecule has 0 radical (unpaired) electrons. The molecule has 0 saturated heterocycles. The number of hydrogen-bond acceptors (Lipinski definition) is 7. The summed E-state index contributed by atoms with van der Waals surface area (Å²) in [5.41, 5.74) is 3.67. The van der Waals surface area contributed by atoms with Gasteiger partial charge in [0.1, 0.15) is 5.58 Å². The number of carbonyl (C=O) groups excluding carboxylic acids is 1. The fourth-order valence-electron chi connectivity index (χ4n) is 4.68. The highest BCUT2D eigenvalue weighted by Gasteiger charge is 2.45. The van der Waals surface area contributed by atoms with Gasteiger partial charge in [0, 0.05) is 5.75 Å². The van der Waals surface area contributed by atoms with E-state index in [9.17, 15) is 9.59 Å². The molecule has 0 saturated carbocycles. The van der Waals surface area contributed by atoms with E-state index in [1.165, 1.54) is 22.5 Å². The summed E-state index contributed by atoms with van der Waals surface area (Å²) >= 11 is 2.91. The van der Waals surface area contributed by atoms with Gasteiger partial charge < -0.3 is 4.42 Å². The van der Waals surface area contributed by atoms with Crippen LogP contribution < -0.4 is 10.3 Å². The standard InChI is InChI=1S/C30H25N3O3S2/c1-30(2,3)20-15-13-19(14-16-20)24-23-25(34)21-11-7-8-12-22(21)36-26(23)27(35)33(24)28-31-32-29(38-28)37-17-18-9-5-4-6-10-18/h4-16,24H,17H2,1-3H3. The van der Waals surface area contributed by atoms with Crippen LogP contribution in [0, 0.1) is 0 Å². The second-order valence-electron chi connectivity index (χ2n) is 10.2. The molecule has 3 aromatic carbocycles. The molecule has 190 valence electrons. The minimum Gasteiger partial charge on any atom is -0.450 e. The maximum Gasteiger partial charge on any atom is 0.297 e.